The summed E-state index contributed by atoms with van der Waals surface area (Å²) < 4.78 is 50.6. The Morgan fingerprint density at radius 1 is 0.870 bits per heavy atom. The van der Waals surface area contributed by atoms with Gasteiger partial charge in [0.1, 0.15) is 26.8 Å². The molecule has 18 heteroatoms. The number of pyridine rings is 1. The van der Waals surface area contributed by atoms with E-state index in [2.05, 4.69) is 10.2 Å². The van der Waals surface area contributed by atoms with E-state index in [4.69, 9.17) is 42.1 Å². The Bertz CT molecular complexity index is 2650. The first-order valence-corrected chi connectivity index (χ1v) is 24.6. The third-order valence-electron chi connectivity index (χ3n) is 13.3. The third kappa shape index (κ3) is 11.2. The van der Waals surface area contributed by atoms with Crippen molar-refractivity contribution in [3.8, 4) is 17.2 Å². The van der Waals surface area contributed by atoms with Crippen LogP contribution in [0.15, 0.2) is 109 Å². The minimum atomic E-state index is -3.14. The molecule has 2 N–H and O–H groups in total. The third-order valence-corrected chi connectivity index (χ3v) is 15.5. The summed E-state index contributed by atoms with van der Waals surface area (Å²) in [5, 5.41) is 27.2. The molecular formula is C51H50Cl2F2N4O9S. The van der Waals surface area contributed by atoms with E-state index < -0.39 is 41.5 Å². The van der Waals surface area contributed by atoms with Crippen molar-refractivity contribution < 1.29 is 57.2 Å². The quantitative estimate of drug-likeness (QED) is 0.0378. The number of nitrogens with zero attached hydrogens (tertiary/aromatic N) is 3. The fraction of sp³-hybridized carbons (Fsp3) is 0.373. The minimum absolute atomic E-state index is 0.0280. The number of esters is 1. The lowest BCUT2D eigenvalue weighted by molar-refractivity contribution is -0.904. The number of fused-ring (bicyclic) bond motifs is 3. The van der Waals surface area contributed by atoms with Crippen LogP contribution in [0.25, 0.3) is 0 Å². The number of thioether (sulfide) groups is 1. The number of alkyl carbamates (subject to hydrolysis) is 1. The lowest BCUT2D eigenvalue weighted by Gasteiger charge is -2.45. The highest BCUT2D eigenvalue weighted by Gasteiger charge is 2.51. The fourth-order valence-electron chi connectivity index (χ4n) is 9.65. The van der Waals surface area contributed by atoms with E-state index in [0.717, 1.165) is 56.1 Å². The van der Waals surface area contributed by atoms with E-state index in [1.807, 2.05) is 36.4 Å². The predicted molar refractivity (Wildman–Crippen MR) is 251 cm³/mol. The van der Waals surface area contributed by atoms with Gasteiger partial charge >= 0.3 is 18.7 Å². The van der Waals surface area contributed by atoms with Gasteiger partial charge in [0.05, 0.1) is 24.2 Å². The maximum atomic E-state index is 13.9. The number of hydrogen-bond acceptors (Lipinski definition) is 12. The van der Waals surface area contributed by atoms with Crippen molar-refractivity contribution in [2.75, 3.05) is 38.5 Å². The normalized spacial score (nSPS) is 21.9. The van der Waals surface area contributed by atoms with Crippen LogP contribution in [0.1, 0.15) is 75.8 Å². The molecule has 4 aromatic carbocycles. The second-order valence-electron chi connectivity index (χ2n) is 17.9. The summed E-state index contributed by atoms with van der Waals surface area (Å²) in [6, 6.07) is 26.8. The molecule has 5 aromatic rings. The van der Waals surface area contributed by atoms with Crippen LogP contribution in [0.5, 0.6) is 17.2 Å². The summed E-state index contributed by atoms with van der Waals surface area (Å²) >= 11 is 14.4. The Hall–Kier alpha value is -5.65. The van der Waals surface area contributed by atoms with E-state index in [-0.39, 0.29) is 64.5 Å². The number of aliphatic carboxylic acids is 1. The highest BCUT2D eigenvalue weighted by atomic mass is 35.5. The summed E-state index contributed by atoms with van der Waals surface area (Å²) in [5.41, 5.74) is 3.02. The Kier molecular flexibility index (Phi) is 14.8. The Labute approximate surface area is 412 Å². The molecule has 0 spiro atoms. The molecule has 4 saturated heterocycles. The van der Waals surface area contributed by atoms with Crippen LogP contribution in [0.3, 0.4) is 0 Å². The summed E-state index contributed by atoms with van der Waals surface area (Å²) in [5.74, 6) is -2.07. The van der Waals surface area contributed by atoms with E-state index in [1.165, 1.54) is 30.6 Å². The molecule has 1 aromatic heterocycles. The van der Waals surface area contributed by atoms with Gasteiger partial charge in [0.25, 0.3) is 0 Å². The van der Waals surface area contributed by atoms with Crippen molar-refractivity contribution >= 4 is 53.0 Å². The van der Waals surface area contributed by atoms with Gasteiger partial charge in [-0.05, 0) is 116 Å². The lowest BCUT2D eigenvalue weighted by Crippen LogP contribution is -2.58. The van der Waals surface area contributed by atoms with Gasteiger partial charge in [-0.3, -0.25) is 15.0 Å². The van der Waals surface area contributed by atoms with Crippen LogP contribution < -0.4 is 29.4 Å². The zero-order valence-electron chi connectivity index (χ0n) is 37.3. The summed E-state index contributed by atoms with van der Waals surface area (Å²) in [6.07, 6.45) is 5.51. The molecule has 362 valence electrons. The van der Waals surface area contributed by atoms with Gasteiger partial charge < -0.3 is 34.2 Å². The molecule has 1 saturated carbocycles. The zero-order chi connectivity index (χ0) is 48.2. The van der Waals surface area contributed by atoms with E-state index in [9.17, 15) is 33.5 Å². The molecule has 1 amide bonds. The number of carboxylic acids is 1. The number of ether oxygens (including phenoxy) is 4. The van der Waals surface area contributed by atoms with Crippen molar-refractivity contribution in [2.24, 2.45) is 11.8 Å². The zero-order valence-corrected chi connectivity index (χ0v) is 39.6. The van der Waals surface area contributed by atoms with E-state index in [0.29, 0.717) is 51.7 Å². The first-order valence-electron chi connectivity index (χ1n) is 22.9. The van der Waals surface area contributed by atoms with Crippen LogP contribution in [0.2, 0.25) is 10.0 Å². The number of halogens is 4. The number of piperidine rings is 3. The van der Waals surface area contributed by atoms with Crippen molar-refractivity contribution in [1.29, 1.82) is 0 Å². The lowest BCUT2D eigenvalue weighted by atomic mass is 9.84. The second kappa shape index (κ2) is 21.1. The van der Waals surface area contributed by atoms with Crippen LogP contribution in [0.4, 0.5) is 13.6 Å². The molecule has 1 aliphatic carbocycles. The van der Waals surface area contributed by atoms with Crippen LogP contribution in [0, 0.1) is 11.8 Å². The van der Waals surface area contributed by atoms with E-state index in [1.54, 1.807) is 47.4 Å². The van der Waals surface area contributed by atoms with Crippen molar-refractivity contribution in [3.05, 3.63) is 153 Å². The number of carbonyl (C=O) groups excluding carboxylic acids is 3. The van der Waals surface area contributed by atoms with Crippen molar-refractivity contribution in [1.82, 2.24) is 15.1 Å². The first-order chi connectivity index (χ1) is 33.3. The van der Waals surface area contributed by atoms with Gasteiger partial charge in [-0.2, -0.15) is 8.78 Å². The molecule has 5 fully saturated rings. The standard InChI is InChI=1S/C51H50Cl2F2N4O9S/c52-41-27-59(64)28-42(53)39(41)25-40(35-14-15-43(67-49(54)55)44(24-35)65-30-31-12-13-31)51(48(61)62)58(20-21-69-51)26-32-6-4-11-38(22-32)66-47(60)37-10-5-9-36(23-37)46(34-7-2-1-3-8-34)56-50(63)68-45-29-57-18-16-33(45)17-19-57/h1-11,14-15,22-24,27-28,31,33,40,45-46,49H,12-13,16-21,25-26,29-30H2,(H2-,56,61,62,63,64)/t40-,45-,46-,51-/m0/s1. The number of rotatable bonds is 18. The van der Waals surface area contributed by atoms with Crippen molar-refractivity contribution in [3.63, 3.8) is 0 Å². The topological polar surface area (TPSA) is 154 Å². The molecule has 0 radical (unpaired) electrons. The number of carbonyl (C=O) groups is 3. The summed E-state index contributed by atoms with van der Waals surface area (Å²) in [4.78, 5) is 43.4. The number of alkyl halides is 2. The number of carboxylic acid groups (broad SMARTS) is 1. The smallest absolute Gasteiger partial charge is 0.408 e. The second-order valence-corrected chi connectivity index (χ2v) is 20.0. The molecule has 2 bridgehead atoms. The monoisotopic (exact) mass is 1000 g/mol. The van der Waals surface area contributed by atoms with Gasteiger partial charge in [0, 0.05) is 41.6 Å². The number of hydrogen-bond donors (Lipinski definition) is 2. The van der Waals surface area contributed by atoms with Crippen LogP contribution >= 0.6 is 35.0 Å². The number of aromatic nitrogens is 1. The van der Waals surface area contributed by atoms with Crippen molar-refractivity contribution in [2.45, 2.75) is 68.2 Å². The Morgan fingerprint density at radius 2 is 1.61 bits per heavy atom. The number of amides is 1. The average molecular weight is 1000 g/mol. The Balaban J connectivity index is 0.968. The molecular weight excluding hydrogens is 954 g/mol. The van der Waals surface area contributed by atoms with Crippen LogP contribution in [-0.2, 0) is 22.5 Å². The first kappa shape index (κ1) is 48.4. The van der Waals surface area contributed by atoms with E-state index >= 15 is 0 Å². The predicted octanol–water partition coefficient (Wildman–Crippen LogP) is 8.06. The number of benzene rings is 4. The maximum absolute atomic E-state index is 13.9. The number of nitrogens with one attached hydrogen (secondary N) is 1. The summed E-state index contributed by atoms with van der Waals surface area (Å²) in [6.45, 7) is 0.225. The molecule has 69 heavy (non-hydrogen) atoms. The minimum Gasteiger partial charge on any atom is -0.547 e. The van der Waals surface area contributed by atoms with Gasteiger partial charge in [0.15, 0.2) is 11.5 Å². The average Bonchev–Trinajstić information content (AvgIpc) is 4.08. The molecule has 5 heterocycles. The highest BCUT2D eigenvalue weighted by Crippen LogP contribution is 2.51. The molecule has 0 unspecified atom stereocenters. The molecule has 4 atom stereocenters. The van der Waals surface area contributed by atoms with Gasteiger partial charge in [0.2, 0.25) is 12.4 Å². The van der Waals surface area contributed by atoms with Gasteiger partial charge in [-0.25, -0.2) is 9.59 Å². The van der Waals surface area contributed by atoms with Gasteiger partial charge in [-0.1, -0.05) is 83.9 Å². The Morgan fingerprint density at radius 3 is 2.30 bits per heavy atom. The fourth-order valence-corrected chi connectivity index (χ4v) is 11.8. The molecule has 5 aliphatic rings. The molecule has 4 aliphatic heterocycles. The molecule has 13 nitrogen and oxygen atoms in total. The maximum Gasteiger partial charge on any atom is 0.408 e. The van der Waals surface area contributed by atoms with Gasteiger partial charge in [-0.15, -0.1) is 11.8 Å². The SMILES string of the molecule is O=C(N[C@@H](c1ccccc1)c1cccc(C(=O)Oc2cccc(CN3CCS[C@]3(C(=O)[O-])[C@@H](Cc3c(Cl)c[n+](O)cc3Cl)c3ccc(OC(F)F)c(OCC4CC4)c3)c2)c1)O[C@H]1CN2CCC1CC2. The highest BCUT2D eigenvalue weighted by molar-refractivity contribution is 8.01. The largest absolute Gasteiger partial charge is 0.547 e. The molecule has 10 rings (SSSR count). The summed E-state index contributed by atoms with van der Waals surface area (Å²) in [7, 11) is 0. The van der Waals surface area contributed by atoms with Crippen LogP contribution in [-0.4, -0.2) is 89.2 Å².